The summed E-state index contributed by atoms with van der Waals surface area (Å²) in [5.74, 6) is -0.359. The minimum absolute atomic E-state index is 0.0561. The van der Waals surface area contributed by atoms with Gasteiger partial charge in [0.2, 0.25) is 11.8 Å². The fourth-order valence-electron chi connectivity index (χ4n) is 2.55. The lowest BCUT2D eigenvalue weighted by atomic mass is 10.2. The summed E-state index contributed by atoms with van der Waals surface area (Å²) in [6.07, 6.45) is 0. The van der Waals surface area contributed by atoms with Crippen LogP contribution in [0.2, 0.25) is 0 Å². The van der Waals surface area contributed by atoms with Gasteiger partial charge in [0.25, 0.3) is 0 Å². The molecule has 1 atom stereocenters. The molecule has 0 bridgehead atoms. The molecular weight excluding hydrogens is 369 g/mol. The molecule has 140 valence electrons. The highest BCUT2D eigenvalue weighted by Gasteiger charge is 2.34. The minimum Gasteiger partial charge on any atom is -0.488 e. The van der Waals surface area contributed by atoms with E-state index in [0.29, 0.717) is 22.0 Å². The smallest absolute Gasteiger partial charge is 0.241 e. The highest BCUT2D eigenvalue weighted by atomic mass is 32.2. The van der Waals surface area contributed by atoms with Crippen molar-refractivity contribution in [3.05, 3.63) is 65.5 Å². The number of thioether (sulfide) groups is 1. The number of hydrazone groups is 1. The van der Waals surface area contributed by atoms with Gasteiger partial charge in [0.1, 0.15) is 23.5 Å². The molecular formula is C19H18FN3O3S. The van der Waals surface area contributed by atoms with Gasteiger partial charge in [-0.25, -0.2) is 9.40 Å². The van der Waals surface area contributed by atoms with Crippen molar-refractivity contribution in [2.45, 2.75) is 25.8 Å². The number of rotatable bonds is 4. The van der Waals surface area contributed by atoms with Gasteiger partial charge in [-0.3, -0.25) is 9.59 Å². The maximum Gasteiger partial charge on any atom is 0.241 e. The summed E-state index contributed by atoms with van der Waals surface area (Å²) in [4.78, 5) is 23.3. The number of amides is 2. The van der Waals surface area contributed by atoms with Gasteiger partial charge < -0.3 is 10.1 Å². The molecule has 0 saturated heterocycles. The van der Waals surface area contributed by atoms with E-state index in [4.69, 9.17) is 4.74 Å². The Bertz CT molecular complexity index is 903. The van der Waals surface area contributed by atoms with E-state index < -0.39 is 5.37 Å². The third kappa shape index (κ3) is 4.46. The molecule has 0 fully saturated rings. The topological polar surface area (TPSA) is 71.0 Å². The monoisotopic (exact) mass is 387 g/mol. The van der Waals surface area contributed by atoms with Crippen LogP contribution in [0.1, 0.15) is 30.3 Å². The van der Waals surface area contributed by atoms with Crippen LogP contribution in [0.15, 0.2) is 53.6 Å². The molecule has 0 radical (unpaired) electrons. The molecule has 0 unspecified atom stereocenters. The Balaban J connectivity index is 1.83. The van der Waals surface area contributed by atoms with E-state index in [9.17, 15) is 14.0 Å². The molecule has 2 aromatic carbocycles. The molecule has 1 N–H and O–H groups in total. The molecule has 0 saturated carbocycles. The van der Waals surface area contributed by atoms with Crippen molar-refractivity contribution in [1.82, 2.24) is 10.3 Å². The first kappa shape index (κ1) is 18.9. The zero-order valence-electron chi connectivity index (χ0n) is 14.8. The summed E-state index contributed by atoms with van der Waals surface area (Å²) in [5, 5.41) is 7.92. The third-order valence-corrected chi connectivity index (χ3v) is 4.86. The number of nitrogens with zero attached hydrogens (tertiary/aromatic N) is 2. The van der Waals surface area contributed by atoms with Crippen molar-refractivity contribution in [3.63, 3.8) is 0 Å². The van der Waals surface area contributed by atoms with Crippen LogP contribution in [0.4, 0.5) is 4.39 Å². The summed E-state index contributed by atoms with van der Waals surface area (Å²) >= 11 is 1.24. The predicted molar refractivity (Wildman–Crippen MR) is 101 cm³/mol. The van der Waals surface area contributed by atoms with Gasteiger partial charge in [0.15, 0.2) is 5.17 Å². The first-order chi connectivity index (χ1) is 13.0. The van der Waals surface area contributed by atoms with Gasteiger partial charge in [-0.05, 0) is 12.1 Å². The minimum atomic E-state index is -0.485. The predicted octanol–water partition coefficient (Wildman–Crippen LogP) is 3.41. The van der Waals surface area contributed by atoms with Gasteiger partial charge in [-0.2, -0.15) is 0 Å². The largest absolute Gasteiger partial charge is 0.488 e. The van der Waals surface area contributed by atoms with Crippen molar-refractivity contribution >= 4 is 28.7 Å². The van der Waals surface area contributed by atoms with Gasteiger partial charge in [-0.1, -0.05) is 48.2 Å². The van der Waals surface area contributed by atoms with E-state index in [1.54, 1.807) is 30.3 Å². The Morgan fingerprint density at radius 3 is 2.59 bits per heavy atom. The molecule has 6 nitrogen and oxygen atoms in total. The third-order valence-electron chi connectivity index (χ3n) is 3.78. The Morgan fingerprint density at radius 1 is 1.19 bits per heavy atom. The quantitative estimate of drug-likeness (QED) is 0.873. The maximum atomic E-state index is 13.8. The van der Waals surface area contributed by atoms with Crippen LogP contribution in [-0.2, 0) is 16.2 Å². The van der Waals surface area contributed by atoms with Crippen LogP contribution in [0, 0.1) is 5.82 Å². The van der Waals surface area contributed by atoms with Crippen LogP contribution >= 0.6 is 11.8 Å². The number of carbonyl (C=O) groups is 2. The Morgan fingerprint density at radius 2 is 1.89 bits per heavy atom. The average molecular weight is 387 g/mol. The van der Waals surface area contributed by atoms with Crippen LogP contribution in [-0.4, -0.2) is 22.0 Å². The number of amidine groups is 1. The second-order valence-corrected chi connectivity index (χ2v) is 6.91. The fraction of sp³-hybridized carbons (Fsp3) is 0.211. The Kier molecular flexibility index (Phi) is 5.75. The summed E-state index contributed by atoms with van der Waals surface area (Å²) in [6, 6.07) is 13.6. The molecule has 1 aliphatic heterocycles. The lowest BCUT2D eigenvalue weighted by Gasteiger charge is -2.22. The average Bonchev–Trinajstić information content (AvgIpc) is 3.04. The molecule has 0 spiro atoms. The zero-order valence-corrected chi connectivity index (χ0v) is 15.6. The zero-order chi connectivity index (χ0) is 19.4. The highest BCUT2D eigenvalue weighted by Crippen LogP contribution is 2.42. The number of carbonyl (C=O) groups excluding carboxylic acids is 2. The number of nitrogens with one attached hydrogen (secondary N) is 1. The number of hydrogen-bond donors (Lipinski definition) is 1. The van der Waals surface area contributed by atoms with Crippen LogP contribution < -0.4 is 10.1 Å². The number of halogens is 1. The Labute approximate surface area is 160 Å². The SMILES string of the molecule is CC(=O)NC1=NN(C(C)=O)[C@@H](c2ccccc2OCc2ccccc2F)S1. The van der Waals surface area contributed by atoms with Crippen molar-refractivity contribution in [3.8, 4) is 5.75 Å². The molecule has 1 heterocycles. The van der Waals surface area contributed by atoms with Gasteiger partial charge in [0, 0.05) is 25.0 Å². The van der Waals surface area contributed by atoms with Crippen molar-refractivity contribution in [1.29, 1.82) is 0 Å². The van der Waals surface area contributed by atoms with E-state index in [0.717, 1.165) is 0 Å². The second-order valence-electron chi connectivity index (χ2n) is 5.84. The molecule has 27 heavy (non-hydrogen) atoms. The molecule has 0 aromatic heterocycles. The molecule has 2 amide bonds. The van der Waals surface area contributed by atoms with Crippen LogP contribution in [0.25, 0.3) is 0 Å². The van der Waals surface area contributed by atoms with E-state index in [2.05, 4.69) is 10.4 Å². The first-order valence-corrected chi connectivity index (χ1v) is 9.11. The van der Waals surface area contributed by atoms with Crippen LogP contribution in [0.5, 0.6) is 5.75 Å². The number of ether oxygens (including phenoxy) is 1. The molecule has 0 aliphatic carbocycles. The van der Waals surface area contributed by atoms with Gasteiger partial charge in [-0.15, -0.1) is 5.10 Å². The van der Waals surface area contributed by atoms with E-state index >= 15 is 0 Å². The van der Waals surface area contributed by atoms with E-state index in [1.165, 1.54) is 36.7 Å². The summed E-state index contributed by atoms with van der Waals surface area (Å²) in [5.41, 5.74) is 1.14. The molecule has 2 aromatic rings. The lowest BCUT2D eigenvalue weighted by Crippen LogP contribution is -2.25. The van der Waals surface area contributed by atoms with Crippen molar-refractivity contribution in [2.75, 3.05) is 0 Å². The normalized spacial score (nSPS) is 16.0. The standard InChI is InChI=1S/C19H18FN3O3S/c1-12(24)21-19-22-23(13(2)25)18(27-19)15-8-4-6-10-17(15)26-11-14-7-3-5-9-16(14)20/h3-10,18H,11H2,1-2H3,(H,21,22,24)/t18-/m1/s1. The van der Waals surface area contributed by atoms with Gasteiger partial charge in [0.05, 0.1) is 0 Å². The van der Waals surface area contributed by atoms with Gasteiger partial charge >= 0.3 is 0 Å². The summed E-state index contributed by atoms with van der Waals surface area (Å²) < 4.78 is 19.7. The molecule has 3 rings (SSSR count). The van der Waals surface area contributed by atoms with Crippen molar-refractivity contribution < 1.29 is 18.7 Å². The Hall–Kier alpha value is -2.87. The first-order valence-electron chi connectivity index (χ1n) is 8.23. The number of hydrogen-bond acceptors (Lipinski definition) is 5. The summed E-state index contributed by atoms with van der Waals surface area (Å²) in [6.45, 7) is 2.83. The maximum absolute atomic E-state index is 13.8. The van der Waals surface area contributed by atoms with E-state index in [1.807, 2.05) is 12.1 Å². The second kappa shape index (κ2) is 8.22. The molecule has 8 heteroatoms. The molecule has 1 aliphatic rings. The lowest BCUT2D eigenvalue weighted by molar-refractivity contribution is -0.129. The summed E-state index contributed by atoms with van der Waals surface area (Å²) in [7, 11) is 0. The van der Waals surface area contributed by atoms with Crippen molar-refractivity contribution in [2.24, 2.45) is 5.10 Å². The van der Waals surface area contributed by atoms with E-state index in [-0.39, 0.29) is 24.2 Å². The van der Waals surface area contributed by atoms with Crippen LogP contribution in [0.3, 0.4) is 0 Å². The highest BCUT2D eigenvalue weighted by molar-refractivity contribution is 8.14. The number of para-hydroxylation sites is 1. The fourth-order valence-corrected chi connectivity index (χ4v) is 3.72. The number of benzene rings is 2.